The first-order valence-corrected chi connectivity index (χ1v) is 11.5. The van der Waals surface area contributed by atoms with Gasteiger partial charge >= 0.3 is 5.97 Å². The van der Waals surface area contributed by atoms with E-state index in [0.29, 0.717) is 0 Å². The molecular weight excluding hydrogens is 448 g/mol. The molecule has 0 amide bonds. The average molecular weight is 473 g/mol. The third kappa shape index (κ3) is 3.97. The number of aliphatic carboxylic acids is 1. The second kappa shape index (κ2) is 7.80. The standard InChI is InChI=1S/C23H25BrN2O2S/c1-23(2,3)17-10-11-25-22-19(17)21(29-16-8-6-15(24)7-9-16)20-14(13-18(27)28)5-4-12-26(20)22/h6-11,14H,4-5,12-13H2,1-3H3,(H,27,28). The molecule has 1 N–H and O–H groups in total. The van der Waals surface area contributed by atoms with E-state index in [1.165, 1.54) is 15.8 Å². The second-order valence-electron chi connectivity index (χ2n) is 8.67. The molecule has 0 saturated heterocycles. The van der Waals surface area contributed by atoms with E-state index in [4.69, 9.17) is 4.98 Å². The molecule has 1 aliphatic rings. The fraction of sp³-hybridized carbons (Fsp3) is 0.391. The molecule has 0 fully saturated rings. The molecule has 1 unspecified atom stereocenters. The summed E-state index contributed by atoms with van der Waals surface area (Å²) in [6, 6.07) is 10.4. The van der Waals surface area contributed by atoms with Crippen LogP contribution in [0.1, 0.15) is 57.2 Å². The van der Waals surface area contributed by atoms with Crippen molar-refractivity contribution in [1.29, 1.82) is 0 Å². The first-order valence-electron chi connectivity index (χ1n) is 9.92. The van der Waals surface area contributed by atoms with Gasteiger partial charge in [-0.3, -0.25) is 4.79 Å². The number of halogens is 1. The van der Waals surface area contributed by atoms with Crippen LogP contribution in [0.25, 0.3) is 11.0 Å². The van der Waals surface area contributed by atoms with Gasteiger partial charge in [0.15, 0.2) is 0 Å². The highest BCUT2D eigenvalue weighted by Gasteiger charge is 2.32. The topological polar surface area (TPSA) is 55.1 Å². The van der Waals surface area contributed by atoms with E-state index in [0.717, 1.165) is 40.1 Å². The molecule has 152 valence electrons. The molecule has 1 aliphatic heterocycles. The summed E-state index contributed by atoms with van der Waals surface area (Å²) in [6.45, 7) is 7.56. The molecule has 2 aromatic heterocycles. The maximum Gasteiger partial charge on any atom is 0.304 e. The van der Waals surface area contributed by atoms with E-state index in [2.05, 4.69) is 59.5 Å². The highest BCUT2D eigenvalue weighted by Crippen LogP contribution is 2.47. The van der Waals surface area contributed by atoms with Gasteiger partial charge in [0.25, 0.3) is 0 Å². The van der Waals surface area contributed by atoms with Gasteiger partial charge in [-0.1, -0.05) is 48.5 Å². The Bertz CT molecular complexity index is 1070. The number of fused-ring (bicyclic) bond motifs is 3. The van der Waals surface area contributed by atoms with Crippen molar-refractivity contribution < 1.29 is 9.90 Å². The second-order valence-corrected chi connectivity index (χ2v) is 10.7. The Morgan fingerprint density at radius 1 is 1.28 bits per heavy atom. The third-order valence-corrected chi connectivity index (χ3v) is 7.17. The Labute approximate surface area is 183 Å². The minimum Gasteiger partial charge on any atom is -0.481 e. The number of carboxylic acid groups (broad SMARTS) is 1. The van der Waals surface area contributed by atoms with Gasteiger partial charge in [-0.05, 0) is 54.2 Å². The third-order valence-electron chi connectivity index (χ3n) is 5.52. The lowest BCUT2D eigenvalue weighted by atomic mass is 9.85. The predicted molar refractivity (Wildman–Crippen MR) is 121 cm³/mol. The van der Waals surface area contributed by atoms with Crippen molar-refractivity contribution >= 4 is 44.7 Å². The number of carboxylic acids is 1. The summed E-state index contributed by atoms with van der Waals surface area (Å²) in [6.07, 6.45) is 3.94. The van der Waals surface area contributed by atoms with Crippen LogP contribution >= 0.6 is 27.7 Å². The summed E-state index contributed by atoms with van der Waals surface area (Å²) >= 11 is 5.24. The van der Waals surface area contributed by atoms with Crippen LogP contribution in [0.2, 0.25) is 0 Å². The van der Waals surface area contributed by atoms with E-state index in [9.17, 15) is 9.90 Å². The summed E-state index contributed by atoms with van der Waals surface area (Å²) in [5.74, 6) is -0.724. The molecule has 4 rings (SSSR count). The zero-order chi connectivity index (χ0) is 20.8. The lowest BCUT2D eigenvalue weighted by Crippen LogP contribution is -2.18. The first-order chi connectivity index (χ1) is 13.8. The molecule has 0 aliphatic carbocycles. The summed E-state index contributed by atoms with van der Waals surface area (Å²) in [7, 11) is 0. The molecule has 0 bridgehead atoms. The summed E-state index contributed by atoms with van der Waals surface area (Å²) in [5.41, 5.74) is 3.36. The number of benzene rings is 1. The molecule has 1 aromatic carbocycles. The molecule has 4 nitrogen and oxygen atoms in total. The maximum absolute atomic E-state index is 11.6. The van der Waals surface area contributed by atoms with Crippen LogP contribution in [0.5, 0.6) is 0 Å². The highest BCUT2D eigenvalue weighted by molar-refractivity contribution is 9.10. The van der Waals surface area contributed by atoms with E-state index in [1.54, 1.807) is 11.8 Å². The SMILES string of the molecule is CC(C)(C)c1ccnc2c1c(Sc1ccc(Br)cc1)c1n2CCCC1CC(=O)O. The first kappa shape index (κ1) is 20.5. The molecule has 6 heteroatoms. The van der Waals surface area contributed by atoms with Crippen LogP contribution in [0.4, 0.5) is 0 Å². The minimum absolute atomic E-state index is 0.0150. The Kier molecular flexibility index (Phi) is 5.51. The molecule has 0 radical (unpaired) electrons. The van der Waals surface area contributed by atoms with Gasteiger partial charge in [0, 0.05) is 44.0 Å². The van der Waals surface area contributed by atoms with Gasteiger partial charge in [0.05, 0.1) is 6.42 Å². The predicted octanol–water partition coefficient (Wildman–Crippen LogP) is 6.60. The van der Waals surface area contributed by atoms with Crippen molar-refractivity contribution in [2.75, 3.05) is 0 Å². The zero-order valence-electron chi connectivity index (χ0n) is 16.9. The van der Waals surface area contributed by atoms with Gasteiger partial charge in [-0.25, -0.2) is 4.98 Å². The van der Waals surface area contributed by atoms with Crippen LogP contribution in [0.3, 0.4) is 0 Å². The van der Waals surface area contributed by atoms with Crippen LogP contribution < -0.4 is 0 Å². The molecule has 3 aromatic rings. The number of nitrogens with zero attached hydrogens (tertiary/aromatic N) is 2. The largest absolute Gasteiger partial charge is 0.481 e. The minimum atomic E-state index is -0.739. The van der Waals surface area contributed by atoms with E-state index >= 15 is 0 Å². The van der Waals surface area contributed by atoms with Crippen molar-refractivity contribution in [2.45, 2.75) is 67.7 Å². The van der Waals surface area contributed by atoms with Gasteiger partial charge in [0.1, 0.15) is 5.65 Å². The molecule has 0 saturated carbocycles. The number of hydrogen-bond acceptors (Lipinski definition) is 3. The van der Waals surface area contributed by atoms with E-state index in [-0.39, 0.29) is 17.8 Å². The number of carbonyl (C=O) groups is 1. The summed E-state index contributed by atoms with van der Waals surface area (Å²) in [5, 5.41) is 10.7. The van der Waals surface area contributed by atoms with Gasteiger partial charge < -0.3 is 9.67 Å². The molecule has 1 atom stereocenters. The van der Waals surface area contributed by atoms with Crippen molar-refractivity contribution in [2.24, 2.45) is 0 Å². The molecule has 29 heavy (non-hydrogen) atoms. The summed E-state index contributed by atoms with van der Waals surface area (Å²) < 4.78 is 3.33. The van der Waals surface area contributed by atoms with Crippen molar-refractivity contribution in [1.82, 2.24) is 9.55 Å². The lowest BCUT2D eigenvalue weighted by Gasteiger charge is -2.25. The fourth-order valence-electron chi connectivity index (χ4n) is 4.27. The monoisotopic (exact) mass is 472 g/mol. The normalized spacial score (nSPS) is 16.8. The average Bonchev–Trinajstić information content (AvgIpc) is 2.97. The van der Waals surface area contributed by atoms with Crippen molar-refractivity contribution in [3.8, 4) is 0 Å². The van der Waals surface area contributed by atoms with Crippen LogP contribution in [0, 0.1) is 0 Å². The van der Waals surface area contributed by atoms with Crippen molar-refractivity contribution in [3.05, 3.63) is 52.3 Å². The Hall–Kier alpha value is -1.79. The summed E-state index contributed by atoms with van der Waals surface area (Å²) in [4.78, 5) is 18.7. The number of aryl methyl sites for hydroxylation is 1. The lowest BCUT2D eigenvalue weighted by molar-refractivity contribution is -0.137. The quantitative estimate of drug-likeness (QED) is 0.464. The van der Waals surface area contributed by atoms with Crippen LogP contribution in [-0.4, -0.2) is 20.6 Å². The molecular formula is C23H25BrN2O2S. The van der Waals surface area contributed by atoms with Crippen molar-refractivity contribution in [3.63, 3.8) is 0 Å². The van der Waals surface area contributed by atoms with E-state index in [1.807, 2.05) is 18.3 Å². The number of aromatic nitrogens is 2. The Morgan fingerprint density at radius 2 is 2.00 bits per heavy atom. The maximum atomic E-state index is 11.6. The van der Waals surface area contributed by atoms with Gasteiger partial charge in [-0.2, -0.15) is 0 Å². The van der Waals surface area contributed by atoms with Crippen LogP contribution in [-0.2, 0) is 16.8 Å². The van der Waals surface area contributed by atoms with Gasteiger partial charge in [-0.15, -0.1) is 0 Å². The fourth-order valence-corrected chi connectivity index (χ4v) is 5.72. The highest BCUT2D eigenvalue weighted by atomic mass is 79.9. The molecule has 3 heterocycles. The van der Waals surface area contributed by atoms with Crippen LogP contribution in [0.15, 0.2) is 50.8 Å². The number of pyridine rings is 1. The molecule has 0 spiro atoms. The number of hydrogen-bond donors (Lipinski definition) is 1. The Balaban J connectivity index is 1.99. The van der Waals surface area contributed by atoms with E-state index < -0.39 is 5.97 Å². The Morgan fingerprint density at radius 3 is 2.66 bits per heavy atom. The zero-order valence-corrected chi connectivity index (χ0v) is 19.3. The van der Waals surface area contributed by atoms with Gasteiger partial charge in [0.2, 0.25) is 0 Å². The smallest absolute Gasteiger partial charge is 0.304 e. The number of rotatable bonds is 4.